The summed E-state index contributed by atoms with van der Waals surface area (Å²) in [6.07, 6.45) is 3.16. The summed E-state index contributed by atoms with van der Waals surface area (Å²) >= 11 is 0. The van der Waals surface area contributed by atoms with Crippen molar-refractivity contribution in [2.75, 3.05) is 59.6 Å². The zero-order valence-electron chi connectivity index (χ0n) is 16.3. The lowest BCUT2D eigenvalue weighted by Gasteiger charge is -2.26. The van der Waals surface area contributed by atoms with Gasteiger partial charge in [0.2, 0.25) is 0 Å². The average Bonchev–Trinajstić information content (AvgIpc) is 2.69. The highest BCUT2D eigenvalue weighted by Crippen LogP contribution is 2.13. The molecule has 1 fully saturated rings. The first-order chi connectivity index (χ1) is 12.8. The number of nitrogens with one attached hydrogen (secondary N) is 2. The molecule has 6 nitrogen and oxygen atoms in total. The first-order valence-corrected chi connectivity index (χ1v) is 9.77. The zero-order valence-corrected chi connectivity index (χ0v) is 16.3. The Balaban J connectivity index is 1.64. The van der Waals surface area contributed by atoms with Crippen LogP contribution >= 0.6 is 0 Å². The Labute approximate surface area is 158 Å². The van der Waals surface area contributed by atoms with Crippen LogP contribution in [0.25, 0.3) is 0 Å². The van der Waals surface area contributed by atoms with Crippen LogP contribution in [0.3, 0.4) is 0 Å². The summed E-state index contributed by atoms with van der Waals surface area (Å²) in [6.45, 7) is 9.69. The number of hydrogen-bond acceptors (Lipinski definition) is 4. The lowest BCUT2D eigenvalue weighted by molar-refractivity contribution is 0.0376. The molecule has 0 amide bonds. The number of morpholine rings is 1. The zero-order chi connectivity index (χ0) is 18.5. The van der Waals surface area contributed by atoms with Crippen molar-refractivity contribution in [2.24, 2.45) is 4.99 Å². The normalized spacial score (nSPS) is 15.7. The summed E-state index contributed by atoms with van der Waals surface area (Å²) in [7, 11) is 1.71. The molecule has 6 heteroatoms. The monoisotopic (exact) mass is 362 g/mol. The van der Waals surface area contributed by atoms with Crippen LogP contribution in [-0.4, -0.2) is 70.5 Å². The van der Waals surface area contributed by atoms with Crippen molar-refractivity contribution in [3.63, 3.8) is 0 Å². The SMILES string of the molecule is CCNC(=NCCCc1cccc(OC)c1)NCCCN1CCOCC1. The Bertz CT molecular complexity index is 530. The molecular formula is C20H34N4O2. The van der Waals surface area contributed by atoms with Crippen LogP contribution in [0.1, 0.15) is 25.3 Å². The smallest absolute Gasteiger partial charge is 0.191 e. The Morgan fingerprint density at radius 3 is 2.85 bits per heavy atom. The summed E-state index contributed by atoms with van der Waals surface area (Å²) in [6, 6.07) is 8.25. The third kappa shape index (κ3) is 8.06. The molecule has 146 valence electrons. The van der Waals surface area contributed by atoms with E-state index in [4.69, 9.17) is 9.47 Å². The highest BCUT2D eigenvalue weighted by Gasteiger charge is 2.09. The molecular weight excluding hydrogens is 328 g/mol. The maximum Gasteiger partial charge on any atom is 0.191 e. The second-order valence-electron chi connectivity index (χ2n) is 6.45. The fraction of sp³-hybridized carbons (Fsp3) is 0.650. The van der Waals surface area contributed by atoms with Crippen molar-refractivity contribution in [2.45, 2.75) is 26.2 Å². The summed E-state index contributed by atoms with van der Waals surface area (Å²) < 4.78 is 10.7. The van der Waals surface area contributed by atoms with Crippen LogP contribution in [0, 0.1) is 0 Å². The maximum atomic E-state index is 5.38. The number of guanidine groups is 1. The van der Waals surface area contributed by atoms with Gasteiger partial charge < -0.3 is 20.1 Å². The van der Waals surface area contributed by atoms with E-state index in [1.54, 1.807) is 7.11 Å². The molecule has 2 rings (SSSR count). The van der Waals surface area contributed by atoms with Crippen LogP contribution in [0.4, 0.5) is 0 Å². The molecule has 26 heavy (non-hydrogen) atoms. The molecule has 0 saturated carbocycles. The van der Waals surface area contributed by atoms with Gasteiger partial charge in [0, 0.05) is 32.7 Å². The minimum Gasteiger partial charge on any atom is -0.497 e. The molecule has 1 aromatic carbocycles. The standard InChI is InChI=1S/C20H34N4O2/c1-3-21-20(23-11-6-12-24-13-15-26-16-14-24)22-10-5-8-18-7-4-9-19(17-18)25-2/h4,7,9,17H,3,5-6,8,10-16H2,1-2H3,(H2,21,22,23). The fourth-order valence-electron chi connectivity index (χ4n) is 2.98. The predicted octanol–water partition coefficient (Wildman–Crippen LogP) is 1.91. The topological polar surface area (TPSA) is 58.1 Å². The van der Waals surface area contributed by atoms with Crippen molar-refractivity contribution in [3.05, 3.63) is 29.8 Å². The highest BCUT2D eigenvalue weighted by molar-refractivity contribution is 5.79. The van der Waals surface area contributed by atoms with Gasteiger partial charge in [0.25, 0.3) is 0 Å². The average molecular weight is 363 g/mol. The van der Waals surface area contributed by atoms with Crippen LogP contribution in [0.2, 0.25) is 0 Å². The predicted molar refractivity (Wildman–Crippen MR) is 107 cm³/mol. The lowest BCUT2D eigenvalue weighted by Crippen LogP contribution is -2.40. The molecule has 0 aromatic heterocycles. The second kappa shape index (κ2) is 12.5. The summed E-state index contributed by atoms with van der Waals surface area (Å²) in [4.78, 5) is 7.15. The van der Waals surface area contributed by atoms with E-state index < -0.39 is 0 Å². The van der Waals surface area contributed by atoms with E-state index in [0.29, 0.717) is 0 Å². The molecule has 0 unspecified atom stereocenters. The molecule has 1 aliphatic rings. The minimum atomic E-state index is 0.815. The van der Waals surface area contributed by atoms with E-state index in [9.17, 15) is 0 Å². The van der Waals surface area contributed by atoms with E-state index in [1.807, 2.05) is 12.1 Å². The number of nitrogens with zero attached hydrogens (tertiary/aromatic N) is 2. The van der Waals surface area contributed by atoms with E-state index in [0.717, 1.165) is 83.5 Å². The molecule has 1 aromatic rings. The van der Waals surface area contributed by atoms with Gasteiger partial charge in [0.15, 0.2) is 5.96 Å². The van der Waals surface area contributed by atoms with Gasteiger partial charge in [-0.2, -0.15) is 0 Å². The van der Waals surface area contributed by atoms with Crippen molar-refractivity contribution in [1.82, 2.24) is 15.5 Å². The van der Waals surface area contributed by atoms with E-state index in [2.05, 4.69) is 39.6 Å². The van der Waals surface area contributed by atoms with Crippen LogP contribution < -0.4 is 15.4 Å². The van der Waals surface area contributed by atoms with Crippen LogP contribution in [0.5, 0.6) is 5.75 Å². The molecule has 1 saturated heterocycles. The Hall–Kier alpha value is -1.79. The molecule has 1 aliphatic heterocycles. The van der Waals surface area contributed by atoms with Gasteiger partial charge in [-0.3, -0.25) is 9.89 Å². The van der Waals surface area contributed by atoms with Crippen molar-refractivity contribution in [3.8, 4) is 5.75 Å². The van der Waals surface area contributed by atoms with E-state index in [-0.39, 0.29) is 0 Å². The molecule has 0 spiro atoms. The van der Waals surface area contributed by atoms with Crippen molar-refractivity contribution >= 4 is 5.96 Å². The molecule has 0 atom stereocenters. The van der Waals surface area contributed by atoms with Gasteiger partial charge in [-0.1, -0.05) is 12.1 Å². The molecule has 2 N–H and O–H groups in total. The summed E-state index contributed by atoms with van der Waals surface area (Å²) in [5.41, 5.74) is 1.29. The number of aliphatic imine (C=N–C) groups is 1. The van der Waals surface area contributed by atoms with Crippen LogP contribution in [0.15, 0.2) is 29.3 Å². The maximum absolute atomic E-state index is 5.38. The largest absolute Gasteiger partial charge is 0.497 e. The third-order valence-corrected chi connectivity index (χ3v) is 4.42. The van der Waals surface area contributed by atoms with Gasteiger partial charge in [-0.15, -0.1) is 0 Å². The Morgan fingerprint density at radius 1 is 1.23 bits per heavy atom. The van der Waals surface area contributed by atoms with Gasteiger partial charge >= 0.3 is 0 Å². The molecule has 1 heterocycles. The van der Waals surface area contributed by atoms with Crippen molar-refractivity contribution < 1.29 is 9.47 Å². The molecule has 0 bridgehead atoms. The van der Waals surface area contributed by atoms with E-state index in [1.165, 1.54) is 5.56 Å². The number of rotatable bonds is 10. The van der Waals surface area contributed by atoms with E-state index >= 15 is 0 Å². The summed E-state index contributed by atoms with van der Waals surface area (Å²) in [5.74, 6) is 1.83. The second-order valence-corrected chi connectivity index (χ2v) is 6.45. The number of hydrogen-bond donors (Lipinski definition) is 2. The lowest BCUT2D eigenvalue weighted by atomic mass is 10.1. The Morgan fingerprint density at radius 2 is 2.08 bits per heavy atom. The third-order valence-electron chi connectivity index (χ3n) is 4.42. The quantitative estimate of drug-likeness (QED) is 0.378. The molecule has 0 radical (unpaired) electrons. The number of ether oxygens (including phenoxy) is 2. The number of benzene rings is 1. The molecule has 0 aliphatic carbocycles. The fourth-order valence-corrected chi connectivity index (χ4v) is 2.98. The Kier molecular flexibility index (Phi) is 9.90. The van der Waals surface area contributed by atoms with Gasteiger partial charge in [0.1, 0.15) is 5.75 Å². The highest BCUT2D eigenvalue weighted by atomic mass is 16.5. The number of methoxy groups -OCH3 is 1. The number of aryl methyl sites for hydroxylation is 1. The minimum absolute atomic E-state index is 0.815. The first kappa shape index (κ1) is 20.5. The van der Waals surface area contributed by atoms with Gasteiger partial charge in [0.05, 0.1) is 20.3 Å². The van der Waals surface area contributed by atoms with Gasteiger partial charge in [-0.25, -0.2) is 0 Å². The van der Waals surface area contributed by atoms with Crippen molar-refractivity contribution in [1.29, 1.82) is 0 Å². The first-order valence-electron chi connectivity index (χ1n) is 9.77. The summed E-state index contributed by atoms with van der Waals surface area (Å²) in [5, 5.41) is 6.76. The van der Waals surface area contributed by atoms with Gasteiger partial charge in [-0.05, 0) is 50.4 Å². The van der Waals surface area contributed by atoms with Crippen LogP contribution in [-0.2, 0) is 11.2 Å².